The quantitative estimate of drug-likeness (QED) is 0.890. The molecule has 22 heavy (non-hydrogen) atoms. The summed E-state index contributed by atoms with van der Waals surface area (Å²) in [6, 6.07) is 10.1. The van der Waals surface area contributed by atoms with E-state index in [4.69, 9.17) is 0 Å². The normalized spacial score (nSPS) is 14.8. The van der Waals surface area contributed by atoms with Gasteiger partial charge < -0.3 is 10.4 Å². The number of aliphatic hydroxyl groups excluding tert-OH is 1. The maximum absolute atomic E-state index is 9.70. The van der Waals surface area contributed by atoms with Crippen molar-refractivity contribution in [1.82, 2.24) is 15.1 Å². The Morgan fingerprint density at radius 3 is 2.36 bits per heavy atom. The molecule has 0 amide bonds. The maximum Gasteiger partial charge on any atom is 0.0641 e. The summed E-state index contributed by atoms with van der Waals surface area (Å²) < 4.78 is 2.01. The average Bonchev–Trinajstić information content (AvgIpc) is 2.87. The minimum Gasteiger partial charge on any atom is -0.394 e. The lowest BCUT2D eigenvalue weighted by Gasteiger charge is -2.22. The molecule has 0 fully saturated rings. The molecule has 2 unspecified atom stereocenters. The maximum atomic E-state index is 9.70. The van der Waals surface area contributed by atoms with Gasteiger partial charge in [0.05, 0.1) is 23.9 Å². The van der Waals surface area contributed by atoms with Crippen molar-refractivity contribution in [1.29, 1.82) is 0 Å². The Bertz CT molecular complexity index is 599. The van der Waals surface area contributed by atoms with Crippen molar-refractivity contribution in [2.45, 2.75) is 52.2 Å². The number of benzene rings is 1. The average molecular weight is 301 g/mol. The van der Waals surface area contributed by atoms with Crippen LogP contribution in [0.3, 0.4) is 0 Å². The number of hydrogen-bond donors (Lipinski definition) is 2. The van der Waals surface area contributed by atoms with Gasteiger partial charge in [-0.2, -0.15) is 5.10 Å². The number of aliphatic hydroxyl groups is 1. The lowest BCUT2D eigenvalue weighted by molar-refractivity contribution is 0.235. The SMILES string of the molecule is Cc1nn(C(C)(C)C)cc1C(C)NC(CO)c1ccccc1. The van der Waals surface area contributed by atoms with Gasteiger partial charge in [-0.25, -0.2) is 0 Å². The Balaban J connectivity index is 2.18. The van der Waals surface area contributed by atoms with E-state index in [0.717, 1.165) is 11.3 Å². The van der Waals surface area contributed by atoms with Crippen LogP contribution in [0, 0.1) is 6.92 Å². The molecule has 4 nitrogen and oxygen atoms in total. The Kier molecular flexibility index (Phi) is 5.04. The predicted molar refractivity (Wildman–Crippen MR) is 89.8 cm³/mol. The third-order valence-electron chi connectivity index (χ3n) is 3.93. The van der Waals surface area contributed by atoms with Gasteiger partial charge in [0.1, 0.15) is 0 Å². The van der Waals surface area contributed by atoms with Crippen LogP contribution in [0.4, 0.5) is 0 Å². The second-order valence-corrected chi connectivity index (χ2v) is 6.82. The number of hydrogen-bond acceptors (Lipinski definition) is 3. The fraction of sp³-hybridized carbons (Fsp3) is 0.500. The number of rotatable bonds is 5. The third-order valence-corrected chi connectivity index (χ3v) is 3.93. The molecule has 0 aliphatic carbocycles. The molecule has 1 aromatic carbocycles. The second kappa shape index (κ2) is 6.63. The van der Waals surface area contributed by atoms with Crippen LogP contribution in [-0.4, -0.2) is 21.5 Å². The van der Waals surface area contributed by atoms with Crippen molar-refractivity contribution in [2.75, 3.05) is 6.61 Å². The Hall–Kier alpha value is -1.65. The Morgan fingerprint density at radius 1 is 1.23 bits per heavy atom. The lowest BCUT2D eigenvalue weighted by Crippen LogP contribution is -2.27. The van der Waals surface area contributed by atoms with Gasteiger partial charge in [0, 0.05) is 17.8 Å². The van der Waals surface area contributed by atoms with Crippen molar-refractivity contribution in [3.8, 4) is 0 Å². The van der Waals surface area contributed by atoms with Crippen LogP contribution in [0.15, 0.2) is 36.5 Å². The molecule has 2 N–H and O–H groups in total. The molecule has 0 saturated carbocycles. The largest absolute Gasteiger partial charge is 0.394 e. The van der Waals surface area contributed by atoms with Gasteiger partial charge >= 0.3 is 0 Å². The number of nitrogens with zero attached hydrogens (tertiary/aromatic N) is 2. The van der Waals surface area contributed by atoms with E-state index in [1.807, 2.05) is 41.9 Å². The summed E-state index contributed by atoms with van der Waals surface area (Å²) in [6.45, 7) is 10.6. The summed E-state index contributed by atoms with van der Waals surface area (Å²) >= 11 is 0. The van der Waals surface area contributed by atoms with E-state index in [1.165, 1.54) is 5.56 Å². The van der Waals surface area contributed by atoms with E-state index in [1.54, 1.807) is 0 Å². The molecule has 0 aliphatic heterocycles. The smallest absolute Gasteiger partial charge is 0.0641 e. The zero-order valence-corrected chi connectivity index (χ0v) is 14.2. The molecule has 2 aromatic rings. The first kappa shape index (κ1) is 16.7. The van der Waals surface area contributed by atoms with Crippen LogP contribution in [-0.2, 0) is 5.54 Å². The van der Waals surface area contributed by atoms with Gasteiger partial charge in [-0.15, -0.1) is 0 Å². The van der Waals surface area contributed by atoms with Gasteiger partial charge in [-0.05, 0) is 40.2 Å². The Morgan fingerprint density at radius 2 is 1.86 bits per heavy atom. The summed E-state index contributed by atoms with van der Waals surface area (Å²) in [5, 5.41) is 17.8. The summed E-state index contributed by atoms with van der Waals surface area (Å²) in [7, 11) is 0. The molecule has 1 heterocycles. The van der Waals surface area contributed by atoms with E-state index in [9.17, 15) is 5.11 Å². The zero-order chi connectivity index (χ0) is 16.3. The molecule has 0 radical (unpaired) electrons. The molecule has 0 bridgehead atoms. The van der Waals surface area contributed by atoms with Gasteiger partial charge in [-0.3, -0.25) is 4.68 Å². The molecule has 4 heteroatoms. The zero-order valence-electron chi connectivity index (χ0n) is 14.2. The number of aromatic nitrogens is 2. The number of nitrogens with one attached hydrogen (secondary N) is 1. The minimum absolute atomic E-state index is 0.0292. The monoisotopic (exact) mass is 301 g/mol. The Labute approximate surface area is 133 Å². The first-order chi connectivity index (χ1) is 10.3. The minimum atomic E-state index is -0.0754. The fourth-order valence-corrected chi connectivity index (χ4v) is 2.57. The molecule has 120 valence electrons. The molecule has 1 aromatic heterocycles. The van der Waals surface area contributed by atoms with E-state index in [2.05, 4.69) is 44.3 Å². The van der Waals surface area contributed by atoms with Crippen LogP contribution < -0.4 is 5.32 Å². The van der Waals surface area contributed by atoms with Crippen molar-refractivity contribution in [3.05, 3.63) is 53.3 Å². The highest BCUT2D eigenvalue weighted by Crippen LogP contribution is 2.24. The predicted octanol–water partition coefficient (Wildman–Crippen LogP) is 3.33. The van der Waals surface area contributed by atoms with Crippen LogP contribution >= 0.6 is 0 Å². The van der Waals surface area contributed by atoms with E-state index < -0.39 is 0 Å². The lowest BCUT2D eigenvalue weighted by atomic mass is 10.0. The second-order valence-electron chi connectivity index (χ2n) is 6.82. The van der Waals surface area contributed by atoms with Crippen LogP contribution in [0.5, 0.6) is 0 Å². The topological polar surface area (TPSA) is 50.1 Å². The summed E-state index contributed by atoms with van der Waals surface area (Å²) in [5.41, 5.74) is 3.26. The first-order valence-electron chi connectivity index (χ1n) is 7.81. The molecule has 0 aliphatic rings. The van der Waals surface area contributed by atoms with Crippen molar-refractivity contribution in [3.63, 3.8) is 0 Å². The first-order valence-corrected chi connectivity index (χ1v) is 7.81. The van der Waals surface area contributed by atoms with Crippen molar-refractivity contribution < 1.29 is 5.11 Å². The molecule has 2 rings (SSSR count). The molecular formula is C18H27N3O. The fourth-order valence-electron chi connectivity index (χ4n) is 2.57. The van der Waals surface area contributed by atoms with E-state index in [0.29, 0.717) is 0 Å². The van der Waals surface area contributed by atoms with Gasteiger partial charge in [0.25, 0.3) is 0 Å². The van der Waals surface area contributed by atoms with Crippen molar-refractivity contribution in [2.24, 2.45) is 0 Å². The van der Waals surface area contributed by atoms with Gasteiger partial charge in [-0.1, -0.05) is 30.3 Å². The summed E-state index contributed by atoms with van der Waals surface area (Å²) in [4.78, 5) is 0. The highest BCUT2D eigenvalue weighted by Gasteiger charge is 2.21. The molecule has 2 atom stereocenters. The van der Waals surface area contributed by atoms with E-state index >= 15 is 0 Å². The molecule has 0 spiro atoms. The van der Waals surface area contributed by atoms with Crippen LogP contribution in [0.1, 0.15) is 56.6 Å². The molecule has 0 saturated heterocycles. The third kappa shape index (κ3) is 3.76. The standard InChI is InChI=1S/C18H27N3O/c1-13(16-11-21(18(3,4)5)20-14(16)2)19-17(12-22)15-9-7-6-8-10-15/h6-11,13,17,19,22H,12H2,1-5H3. The van der Waals surface area contributed by atoms with Crippen molar-refractivity contribution >= 4 is 0 Å². The molecular weight excluding hydrogens is 274 g/mol. The highest BCUT2D eigenvalue weighted by molar-refractivity contribution is 5.23. The van der Waals surface area contributed by atoms with Gasteiger partial charge in [0.15, 0.2) is 0 Å². The van der Waals surface area contributed by atoms with E-state index in [-0.39, 0.29) is 24.2 Å². The summed E-state index contributed by atoms with van der Waals surface area (Å²) in [5.74, 6) is 0. The number of aryl methyl sites for hydroxylation is 1. The van der Waals surface area contributed by atoms with Gasteiger partial charge in [0.2, 0.25) is 0 Å². The van der Waals surface area contributed by atoms with Crippen LogP contribution in [0.25, 0.3) is 0 Å². The summed E-state index contributed by atoms with van der Waals surface area (Å²) in [6.07, 6.45) is 2.10. The highest BCUT2D eigenvalue weighted by atomic mass is 16.3. The van der Waals surface area contributed by atoms with Crippen LogP contribution in [0.2, 0.25) is 0 Å².